The highest BCUT2D eigenvalue weighted by molar-refractivity contribution is 7.81. The lowest BCUT2D eigenvalue weighted by Gasteiger charge is -2.23. The number of aromatic nitrogens is 2. The maximum Gasteiger partial charge on any atom is 0.268 e. The zero-order chi connectivity index (χ0) is 26.5. The molecule has 0 aliphatic heterocycles. The Morgan fingerprint density at radius 1 is 1.14 bits per heavy atom. The van der Waals surface area contributed by atoms with Crippen molar-refractivity contribution in [2.24, 2.45) is 5.73 Å². The molecule has 0 fully saturated rings. The van der Waals surface area contributed by atoms with Gasteiger partial charge in [0.05, 0.1) is 40.6 Å². The van der Waals surface area contributed by atoms with Gasteiger partial charge in [0.1, 0.15) is 5.75 Å². The van der Waals surface area contributed by atoms with Crippen molar-refractivity contribution < 1.29 is 18.3 Å². The fraction of sp³-hybridized carbons (Fsp3) is 0.160. The number of benzene rings is 3. The molecule has 0 aliphatic rings. The monoisotopic (exact) mass is 540 g/mol. The molecular weight excluding hydrogens is 516 g/mol. The number of amides is 1. The van der Waals surface area contributed by atoms with Crippen LogP contribution in [-0.2, 0) is 16.1 Å². The molecule has 5 N–H and O–H groups in total. The molecule has 1 aromatic heterocycles. The van der Waals surface area contributed by atoms with Gasteiger partial charge >= 0.3 is 0 Å². The minimum absolute atomic E-state index is 0.0622. The Bertz CT molecular complexity index is 1470. The number of fused-ring (bicyclic) bond motifs is 1. The van der Waals surface area contributed by atoms with Crippen LogP contribution in [0.1, 0.15) is 13.3 Å². The van der Waals surface area contributed by atoms with Gasteiger partial charge in [0.15, 0.2) is 11.6 Å². The molecule has 0 saturated carbocycles. The minimum Gasteiger partial charge on any atom is -0.497 e. The van der Waals surface area contributed by atoms with Crippen molar-refractivity contribution in [2.75, 3.05) is 22.0 Å². The molecule has 0 spiro atoms. The highest BCUT2D eigenvalue weighted by Crippen LogP contribution is 2.37. The summed E-state index contributed by atoms with van der Waals surface area (Å²) >= 11 is 3.84. The van der Waals surface area contributed by atoms with Gasteiger partial charge in [-0.25, -0.2) is 18.5 Å². The van der Waals surface area contributed by atoms with Gasteiger partial charge in [-0.05, 0) is 48.9 Å². The van der Waals surface area contributed by atoms with E-state index in [1.165, 1.54) is 7.11 Å². The first-order valence-corrected chi connectivity index (χ1v) is 12.7. The van der Waals surface area contributed by atoms with Crippen LogP contribution in [0.4, 0.5) is 28.7 Å². The summed E-state index contributed by atoms with van der Waals surface area (Å²) in [5.74, 6) is 0.432. The highest BCUT2D eigenvalue weighted by atomic mass is 35.5. The number of hydrogen-bond donors (Lipinski definition) is 4. The third-order valence-electron chi connectivity index (χ3n) is 5.45. The molecule has 0 radical (unpaired) electrons. The summed E-state index contributed by atoms with van der Waals surface area (Å²) in [5.41, 5.74) is 8.04. The summed E-state index contributed by atoms with van der Waals surface area (Å²) in [7, 11) is 1.53. The largest absolute Gasteiger partial charge is 0.497 e. The molecule has 1 unspecified atom stereocenters. The summed E-state index contributed by atoms with van der Waals surface area (Å²) in [6.07, 6.45) is 0.465. The molecule has 0 saturated heterocycles. The van der Waals surface area contributed by atoms with Gasteiger partial charge in [0.2, 0.25) is 5.91 Å². The van der Waals surface area contributed by atoms with Gasteiger partial charge in [-0.15, -0.1) is 0 Å². The Hall–Kier alpha value is -3.77. The maximum absolute atomic E-state index is 12.7. The molecule has 4 aromatic rings. The van der Waals surface area contributed by atoms with Crippen molar-refractivity contribution in [1.82, 2.24) is 9.97 Å². The first-order chi connectivity index (χ1) is 17.8. The average molecular weight is 541 g/mol. The van der Waals surface area contributed by atoms with Crippen LogP contribution in [0.25, 0.3) is 11.0 Å². The Kier molecular flexibility index (Phi) is 8.19. The Morgan fingerprint density at radius 2 is 1.86 bits per heavy atom. The SMILES string of the molecule is CC[C@H](N)C(=O)Nc1cccc(N(c2nc3ccccc3nc2Nc2cc(OC)ccc2Cl)S(=O)O)c1. The van der Waals surface area contributed by atoms with Crippen molar-refractivity contribution in [3.8, 4) is 5.75 Å². The highest BCUT2D eigenvalue weighted by Gasteiger charge is 2.24. The second kappa shape index (κ2) is 11.5. The van der Waals surface area contributed by atoms with Gasteiger partial charge in [0, 0.05) is 11.8 Å². The van der Waals surface area contributed by atoms with Gasteiger partial charge in [0.25, 0.3) is 11.3 Å². The number of anilines is 5. The second-order valence-corrected chi connectivity index (χ2v) is 9.17. The summed E-state index contributed by atoms with van der Waals surface area (Å²) in [6.45, 7) is 1.80. The van der Waals surface area contributed by atoms with E-state index in [0.29, 0.717) is 39.6 Å². The molecule has 0 bridgehead atoms. The summed E-state index contributed by atoms with van der Waals surface area (Å²) in [4.78, 5) is 21.6. The van der Waals surface area contributed by atoms with Crippen molar-refractivity contribution in [2.45, 2.75) is 19.4 Å². The molecule has 4 rings (SSSR count). The van der Waals surface area contributed by atoms with E-state index < -0.39 is 17.3 Å². The van der Waals surface area contributed by atoms with Crippen LogP contribution in [0.3, 0.4) is 0 Å². The number of carbonyl (C=O) groups excluding carboxylic acids is 1. The normalized spacial score (nSPS) is 12.6. The van der Waals surface area contributed by atoms with E-state index in [0.717, 1.165) is 4.31 Å². The maximum atomic E-state index is 12.7. The van der Waals surface area contributed by atoms with Crippen molar-refractivity contribution in [1.29, 1.82) is 0 Å². The molecule has 192 valence electrons. The molecule has 0 aliphatic carbocycles. The number of rotatable bonds is 9. The third kappa shape index (κ3) is 5.97. The summed E-state index contributed by atoms with van der Waals surface area (Å²) < 4.78 is 29.4. The first kappa shape index (κ1) is 26.3. The number of para-hydroxylation sites is 2. The van der Waals surface area contributed by atoms with Gasteiger partial charge in [-0.3, -0.25) is 9.35 Å². The number of carbonyl (C=O) groups is 1. The standard InChI is InChI=1S/C25H25ClN6O4S/c1-3-19(27)25(33)28-15-7-6-8-16(13-15)32(37(34)35)24-23(29-20-9-4-5-10-21(20)31-24)30-22-14-17(36-2)11-12-18(22)26/h4-14,19H,3,27H2,1-2H3,(H,28,33)(H,29,30)(H,34,35)/t19-/m0/s1. The molecule has 12 heteroatoms. The van der Waals surface area contributed by atoms with Crippen LogP contribution in [-0.4, -0.2) is 37.8 Å². The molecular formula is C25H25ClN6O4S. The summed E-state index contributed by atoms with van der Waals surface area (Å²) in [5, 5.41) is 6.24. The first-order valence-electron chi connectivity index (χ1n) is 11.3. The van der Waals surface area contributed by atoms with Crippen molar-refractivity contribution in [3.63, 3.8) is 0 Å². The van der Waals surface area contributed by atoms with E-state index in [-0.39, 0.29) is 23.2 Å². The lowest BCUT2D eigenvalue weighted by Crippen LogP contribution is -2.34. The van der Waals surface area contributed by atoms with Crippen LogP contribution in [0.2, 0.25) is 5.02 Å². The van der Waals surface area contributed by atoms with Crippen molar-refractivity contribution >= 4 is 68.5 Å². The van der Waals surface area contributed by atoms with E-state index >= 15 is 0 Å². The number of hydrogen-bond acceptors (Lipinski definition) is 7. The molecule has 10 nitrogen and oxygen atoms in total. The predicted molar refractivity (Wildman–Crippen MR) is 147 cm³/mol. The molecule has 1 amide bonds. The zero-order valence-electron chi connectivity index (χ0n) is 20.0. The predicted octanol–water partition coefficient (Wildman–Crippen LogP) is 4.99. The molecule has 1 heterocycles. The molecule has 2 atom stereocenters. The van der Waals surface area contributed by atoms with E-state index in [4.69, 9.17) is 22.1 Å². The van der Waals surface area contributed by atoms with E-state index in [2.05, 4.69) is 20.6 Å². The number of nitrogens with one attached hydrogen (secondary N) is 2. The van der Waals surface area contributed by atoms with Gasteiger partial charge in [-0.1, -0.05) is 36.7 Å². The lowest BCUT2D eigenvalue weighted by molar-refractivity contribution is -0.117. The zero-order valence-corrected chi connectivity index (χ0v) is 21.6. The van der Waals surface area contributed by atoms with Crippen molar-refractivity contribution in [3.05, 3.63) is 71.8 Å². The quantitative estimate of drug-likeness (QED) is 0.217. The fourth-order valence-electron chi connectivity index (χ4n) is 3.49. The van der Waals surface area contributed by atoms with Gasteiger partial charge < -0.3 is 21.1 Å². The van der Waals surface area contributed by atoms with E-state index in [1.807, 2.05) is 6.07 Å². The number of nitrogens with two attached hydrogens (primary N) is 1. The van der Waals surface area contributed by atoms with E-state index in [9.17, 15) is 13.6 Å². The minimum atomic E-state index is -2.56. The lowest BCUT2D eigenvalue weighted by atomic mass is 10.2. The number of halogens is 1. The molecule has 3 aromatic carbocycles. The number of methoxy groups -OCH3 is 1. The fourth-order valence-corrected chi connectivity index (χ4v) is 4.22. The van der Waals surface area contributed by atoms with Gasteiger partial charge in [-0.2, -0.15) is 0 Å². The Labute approximate surface area is 221 Å². The van der Waals surface area contributed by atoms with E-state index in [1.54, 1.807) is 67.6 Å². The average Bonchev–Trinajstić information content (AvgIpc) is 2.89. The number of nitrogens with zero attached hydrogens (tertiary/aromatic N) is 3. The van der Waals surface area contributed by atoms with Crippen LogP contribution < -0.4 is 25.4 Å². The third-order valence-corrected chi connectivity index (χ3v) is 6.48. The Balaban J connectivity index is 1.83. The Morgan fingerprint density at radius 3 is 2.54 bits per heavy atom. The van der Waals surface area contributed by atoms with Crippen LogP contribution in [0, 0.1) is 0 Å². The topological polar surface area (TPSA) is 143 Å². The van der Waals surface area contributed by atoms with Crippen LogP contribution >= 0.6 is 11.6 Å². The second-order valence-electron chi connectivity index (χ2n) is 7.93. The summed E-state index contributed by atoms with van der Waals surface area (Å²) in [6, 6.07) is 18.0. The number of ether oxygens (including phenoxy) is 1. The smallest absolute Gasteiger partial charge is 0.268 e. The molecule has 37 heavy (non-hydrogen) atoms. The van der Waals surface area contributed by atoms with Crippen LogP contribution in [0.15, 0.2) is 66.7 Å². The van der Waals surface area contributed by atoms with Crippen LogP contribution in [0.5, 0.6) is 5.75 Å².